The molecule has 0 aromatic carbocycles. The number of allylic oxidation sites excluding steroid dienone is 1. The van der Waals surface area contributed by atoms with E-state index in [0.29, 0.717) is 0 Å². The first-order valence-corrected chi connectivity index (χ1v) is 4.68. The van der Waals surface area contributed by atoms with Gasteiger partial charge in [0.15, 0.2) is 0 Å². The molecule has 11 heavy (non-hydrogen) atoms. The van der Waals surface area contributed by atoms with E-state index in [2.05, 4.69) is 26.2 Å². The molecule has 0 saturated carbocycles. The summed E-state index contributed by atoms with van der Waals surface area (Å²) in [5.41, 5.74) is 4.19. The first-order chi connectivity index (χ1) is 5.08. The molecule has 2 N–H and O–H groups in total. The second kappa shape index (κ2) is 9.67. The van der Waals surface area contributed by atoms with Gasteiger partial charge in [-0.05, 0) is 18.4 Å². The van der Waals surface area contributed by atoms with E-state index in [-0.39, 0.29) is 0 Å². The van der Waals surface area contributed by atoms with Crippen molar-refractivity contribution in [3.8, 4) is 0 Å². The molecule has 66 valence electrons. The quantitative estimate of drug-likeness (QED) is 0.501. The van der Waals surface area contributed by atoms with Gasteiger partial charge in [-0.15, -0.1) is 5.73 Å². The van der Waals surface area contributed by atoms with Crippen LogP contribution in [0.25, 0.3) is 0 Å². The van der Waals surface area contributed by atoms with Gasteiger partial charge in [-0.25, -0.2) is 0 Å². The van der Waals surface area contributed by atoms with E-state index in [1.165, 1.54) is 5.57 Å². The molecule has 0 rings (SSSR count). The van der Waals surface area contributed by atoms with Gasteiger partial charge in [0, 0.05) is 0 Å². The third-order valence-electron chi connectivity index (χ3n) is 1.10. The minimum atomic E-state index is -3.13. The minimum absolute atomic E-state index is 1.10. The Bertz CT molecular complexity index is 149. The van der Waals surface area contributed by atoms with Gasteiger partial charge in [0.2, 0.25) is 0 Å². The number of hydrogen-bond acceptors (Lipinski definition) is 1. The minimum Gasteiger partial charge on any atom is -0.326 e. The van der Waals surface area contributed by atoms with Gasteiger partial charge < -0.3 is 9.79 Å². The van der Waals surface area contributed by atoms with Crippen LogP contribution >= 0.6 is 8.25 Å². The van der Waals surface area contributed by atoms with Gasteiger partial charge in [0.25, 0.3) is 0 Å². The van der Waals surface area contributed by atoms with Gasteiger partial charge >= 0.3 is 8.25 Å². The zero-order valence-corrected chi connectivity index (χ0v) is 7.92. The molecule has 0 unspecified atom stereocenters. The van der Waals surface area contributed by atoms with E-state index >= 15 is 0 Å². The average Bonchev–Trinajstić information content (AvgIpc) is 1.90. The Morgan fingerprint density at radius 2 is 1.73 bits per heavy atom. The number of rotatable bonds is 2. The van der Waals surface area contributed by atoms with Crippen LogP contribution < -0.4 is 0 Å². The van der Waals surface area contributed by atoms with Crippen LogP contribution in [0.1, 0.15) is 26.7 Å². The molecule has 0 heterocycles. The fourth-order valence-corrected chi connectivity index (χ4v) is 0.500. The van der Waals surface area contributed by atoms with Crippen LogP contribution in [-0.4, -0.2) is 9.79 Å². The van der Waals surface area contributed by atoms with Crippen LogP contribution in [0.15, 0.2) is 17.9 Å². The second-order valence-corrected chi connectivity index (χ2v) is 2.34. The molecule has 3 nitrogen and oxygen atoms in total. The molecule has 0 saturated heterocycles. The Morgan fingerprint density at radius 3 is 1.73 bits per heavy atom. The van der Waals surface area contributed by atoms with Crippen molar-refractivity contribution in [2.45, 2.75) is 26.7 Å². The lowest BCUT2D eigenvalue weighted by molar-refractivity contribution is 0.405. The molecule has 0 fully saturated rings. The highest BCUT2D eigenvalue weighted by atomic mass is 31.1. The van der Waals surface area contributed by atoms with Crippen LogP contribution in [0.5, 0.6) is 0 Å². The van der Waals surface area contributed by atoms with Gasteiger partial charge in [0.05, 0.1) is 0 Å². The molecule has 0 spiro atoms. The summed E-state index contributed by atoms with van der Waals surface area (Å²) in [4.78, 5) is 14.3. The Balaban J connectivity index is 0. The largest absolute Gasteiger partial charge is 0.326 e. The first-order valence-electron chi connectivity index (χ1n) is 3.38. The Labute approximate surface area is 68.0 Å². The first kappa shape index (κ1) is 13.3. The van der Waals surface area contributed by atoms with Gasteiger partial charge in [-0.1, -0.05) is 20.4 Å². The maximum Gasteiger partial charge on any atom is 0.314 e. The molecular formula is C7H15O3P. The van der Waals surface area contributed by atoms with E-state index in [9.17, 15) is 0 Å². The van der Waals surface area contributed by atoms with Crippen molar-refractivity contribution in [3.05, 3.63) is 17.9 Å². The van der Waals surface area contributed by atoms with Crippen molar-refractivity contribution in [2.75, 3.05) is 0 Å². The van der Waals surface area contributed by atoms with Crippen LogP contribution in [-0.2, 0) is 4.57 Å². The van der Waals surface area contributed by atoms with E-state index in [0.717, 1.165) is 12.8 Å². The molecule has 0 radical (unpaired) electrons. The molecular weight excluding hydrogens is 163 g/mol. The van der Waals surface area contributed by atoms with Crippen LogP contribution in [0.4, 0.5) is 0 Å². The Hall–Kier alpha value is -0.330. The molecule has 0 atom stereocenters. The molecule has 0 aromatic rings. The highest BCUT2D eigenvalue weighted by Crippen LogP contribution is 2.00. The second-order valence-electron chi connectivity index (χ2n) is 1.77. The van der Waals surface area contributed by atoms with Gasteiger partial charge in [0.1, 0.15) is 0 Å². The summed E-state index contributed by atoms with van der Waals surface area (Å²) in [7, 11) is -3.13. The molecule has 0 aliphatic rings. The fraction of sp³-hybridized carbons (Fsp3) is 0.571. The zero-order valence-electron chi connectivity index (χ0n) is 6.92. The van der Waals surface area contributed by atoms with E-state index < -0.39 is 8.25 Å². The standard InChI is InChI=1S/C7H12.H3O3P/c1-4-7(5-2)6-3;1-4(2)3/h1,5-6H2,2-3H3;4H,(H2,1,2,3). The molecule has 0 aliphatic heterocycles. The van der Waals surface area contributed by atoms with Crippen LogP contribution in [0.2, 0.25) is 0 Å². The predicted molar refractivity (Wildman–Crippen MR) is 46.7 cm³/mol. The summed E-state index contributed by atoms with van der Waals surface area (Å²) >= 11 is 0. The normalized spacial score (nSPS) is 8.09. The Kier molecular flexibility index (Phi) is 11.7. The van der Waals surface area contributed by atoms with Crippen LogP contribution in [0.3, 0.4) is 0 Å². The third-order valence-corrected chi connectivity index (χ3v) is 1.10. The lowest BCUT2D eigenvalue weighted by Crippen LogP contribution is -1.70. The zero-order chi connectivity index (χ0) is 9.28. The summed E-state index contributed by atoms with van der Waals surface area (Å²) in [6, 6.07) is 0. The summed E-state index contributed by atoms with van der Waals surface area (Å²) in [6.07, 6.45) is 2.19. The van der Waals surface area contributed by atoms with Crippen molar-refractivity contribution in [3.63, 3.8) is 0 Å². The van der Waals surface area contributed by atoms with Crippen molar-refractivity contribution >= 4 is 8.25 Å². The van der Waals surface area contributed by atoms with E-state index in [4.69, 9.17) is 14.4 Å². The topological polar surface area (TPSA) is 57.5 Å². The van der Waals surface area contributed by atoms with Crippen LogP contribution in [0, 0.1) is 0 Å². The van der Waals surface area contributed by atoms with Gasteiger partial charge in [-0.3, -0.25) is 4.57 Å². The fourth-order valence-electron chi connectivity index (χ4n) is 0.500. The highest BCUT2D eigenvalue weighted by molar-refractivity contribution is 7.30. The van der Waals surface area contributed by atoms with Crippen molar-refractivity contribution in [1.29, 1.82) is 0 Å². The molecule has 4 heteroatoms. The van der Waals surface area contributed by atoms with Gasteiger partial charge in [-0.2, -0.15) is 0 Å². The summed E-state index contributed by atoms with van der Waals surface area (Å²) in [5, 5.41) is 0. The molecule has 0 amide bonds. The molecule has 0 bridgehead atoms. The molecule has 0 aromatic heterocycles. The molecule has 0 aliphatic carbocycles. The summed E-state index contributed by atoms with van der Waals surface area (Å²) in [5.74, 6) is 0. The van der Waals surface area contributed by atoms with Crippen molar-refractivity contribution in [1.82, 2.24) is 0 Å². The maximum absolute atomic E-state index is 8.74. The maximum atomic E-state index is 8.74. The smallest absolute Gasteiger partial charge is 0.314 e. The summed E-state index contributed by atoms with van der Waals surface area (Å²) < 4.78 is 8.74. The van der Waals surface area contributed by atoms with E-state index in [1.807, 2.05) is 0 Å². The van der Waals surface area contributed by atoms with Crippen molar-refractivity contribution in [2.24, 2.45) is 0 Å². The monoisotopic (exact) mass is 178 g/mol. The lowest BCUT2D eigenvalue weighted by atomic mass is 10.2. The highest BCUT2D eigenvalue weighted by Gasteiger charge is 1.81. The third kappa shape index (κ3) is 17.7. The lowest BCUT2D eigenvalue weighted by Gasteiger charge is -1.89. The Morgan fingerprint density at radius 1 is 1.45 bits per heavy atom. The summed E-state index contributed by atoms with van der Waals surface area (Å²) in [6.45, 7) is 7.78. The average molecular weight is 178 g/mol. The van der Waals surface area contributed by atoms with E-state index in [1.54, 1.807) is 0 Å². The SMILES string of the molecule is C=C=C(CC)CC.O=[PH](O)O. The predicted octanol–water partition coefficient (Wildman–Crippen LogP) is 1.88. The number of hydrogen-bond donors (Lipinski definition) is 2. The van der Waals surface area contributed by atoms with Crippen molar-refractivity contribution < 1.29 is 14.4 Å².